The van der Waals surface area contributed by atoms with Gasteiger partial charge in [0.2, 0.25) is 0 Å². The molecule has 17 heteroatoms. The number of carbonyl (C=O) groups excluding carboxylic acids is 1. The Kier molecular flexibility index (Phi) is 8.93. The van der Waals surface area contributed by atoms with Crippen molar-refractivity contribution in [1.29, 1.82) is 0 Å². The van der Waals surface area contributed by atoms with Crippen LogP contribution in [-0.4, -0.2) is 80.2 Å². The normalized spacial score (nSPS) is 17.8. The van der Waals surface area contributed by atoms with E-state index in [2.05, 4.69) is 20.3 Å². The highest BCUT2D eigenvalue weighted by Gasteiger charge is 2.40. The molecule has 228 valence electrons. The minimum atomic E-state index is -5.08. The van der Waals surface area contributed by atoms with Crippen molar-refractivity contribution in [3.8, 4) is 11.4 Å². The first-order chi connectivity index (χ1) is 19.3. The van der Waals surface area contributed by atoms with Gasteiger partial charge in [-0.25, -0.2) is 14.6 Å². The number of alkyl halides is 6. The van der Waals surface area contributed by atoms with Crippen molar-refractivity contribution in [2.45, 2.75) is 51.1 Å². The number of hydrogen-bond donors (Lipinski definition) is 5. The summed E-state index contributed by atoms with van der Waals surface area (Å²) in [5.74, 6) is -3.30. The van der Waals surface area contributed by atoms with Gasteiger partial charge in [0.15, 0.2) is 0 Å². The fraction of sp³-hybridized carbons (Fsp3) is 0.400. The third-order valence-corrected chi connectivity index (χ3v) is 6.41. The number of fused-ring (bicyclic) bond motifs is 1. The van der Waals surface area contributed by atoms with E-state index < -0.39 is 41.9 Å². The molecular weight excluding hydrogens is 578 g/mol. The van der Waals surface area contributed by atoms with E-state index >= 15 is 0 Å². The van der Waals surface area contributed by atoms with Gasteiger partial charge in [0.25, 0.3) is 5.91 Å². The van der Waals surface area contributed by atoms with Gasteiger partial charge in [-0.1, -0.05) is 12.1 Å². The second-order valence-corrected chi connectivity index (χ2v) is 9.84. The number of aliphatic carboxylic acids is 1. The number of carbonyl (C=O) groups is 3. The van der Waals surface area contributed by atoms with E-state index in [9.17, 15) is 41.0 Å². The van der Waals surface area contributed by atoms with Crippen molar-refractivity contribution in [3.05, 3.63) is 41.7 Å². The number of imidazole rings is 1. The number of nitrogens with one attached hydrogen (secondary N) is 3. The second kappa shape index (κ2) is 11.7. The maximum Gasteiger partial charge on any atom is 0.490 e. The minimum Gasteiger partial charge on any atom is -0.475 e. The summed E-state index contributed by atoms with van der Waals surface area (Å²) in [6.45, 7) is 5.06. The fourth-order valence-electron chi connectivity index (χ4n) is 4.31. The third kappa shape index (κ3) is 7.38. The van der Waals surface area contributed by atoms with Gasteiger partial charge in [-0.2, -0.15) is 26.3 Å². The number of amides is 2. The first kappa shape index (κ1) is 32.0. The van der Waals surface area contributed by atoms with Gasteiger partial charge in [0.05, 0.1) is 33.4 Å². The first-order valence-corrected chi connectivity index (χ1v) is 12.2. The summed E-state index contributed by atoms with van der Waals surface area (Å²) in [7, 11) is 0. The van der Waals surface area contributed by atoms with Gasteiger partial charge in [-0.05, 0) is 38.8 Å². The predicted octanol–water partition coefficient (Wildman–Crippen LogP) is 4.48. The lowest BCUT2D eigenvalue weighted by Crippen LogP contribution is -2.47. The van der Waals surface area contributed by atoms with Crippen LogP contribution in [0, 0.1) is 6.92 Å². The van der Waals surface area contributed by atoms with Gasteiger partial charge in [-0.3, -0.25) is 9.78 Å². The Balaban J connectivity index is 0.000000616. The summed E-state index contributed by atoms with van der Waals surface area (Å²) in [5, 5.41) is 20.8. The topological polar surface area (TPSA) is 161 Å². The number of halogens is 6. The molecule has 1 saturated heterocycles. The summed E-state index contributed by atoms with van der Waals surface area (Å²) in [6, 6.07) is 3.54. The Labute approximate surface area is 233 Å². The number of carboxylic acid groups (broad SMARTS) is 2. The largest absolute Gasteiger partial charge is 0.490 e. The van der Waals surface area contributed by atoms with E-state index in [-0.39, 0.29) is 12.1 Å². The Morgan fingerprint density at radius 1 is 1.12 bits per heavy atom. The van der Waals surface area contributed by atoms with E-state index in [1.165, 1.54) is 12.4 Å². The van der Waals surface area contributed by atoms with Gasteiger partial charge < -0.3 is 30.7 Å². The molecule has 1 aliphatic rings. The van der Waals surface area contributed by atoms with E-state index in [1.807, 2.05) is 30.4 Å². The molecule has 0 aliphatic carbocycles. The van der Waals surface area contributed by atoms with Gasteiger partial charge in [-0.15, -0.1) is 0 Å². The monoisotopic (exact) mass is 604 g/mol. The summed E-state index contributed by atoms with van der Waals surface area (Å²) in [6.07, 6.45) is -7.75. The van der Waals surface area contributed by atoms with Crippen LogP contribution in [0.5, 0.6) is 0 Å². The summed E-state index contributed by atoms with van der Waals surface area (Å²) >= 11 is 0. The molecule has 1 unspecified atom stereocenters. The van der Waals surface area contributed by atoms with E-state index in [0.29, 0.717) is 35.6 Å². The molecule has 4 rings (SSSR count). The molecule has 2 amide bonds. The van der Waals surface area contributed by atoms with Crippen LogP contribution in [-0.2, 0) is 4.79 Å². The molecule has 1 aliphatic heterocycles. The van der Waals surface area contributed by atoms with Gasteiger partial charge in [0, 0.05) is 25.5 Å². The van der Waals surface area contributed by atoms with Crippen molar-refractivity contribution < 1.29 is 50.9 Å². The molecule has 2 aromatic heterocycles. The summed E-state index contributed by atoms with van der Waals surface area (Å²) in [5.41, 5.74) is 2.27. The molecule has 0 spiro atoms. The van der Waals surface area contributed by atoms with Crippen molar-refractivity contribution in [3.63, 3.8) is 0 Å². The maximum atomic E-state index is 13.1. The SMILES string of the molecule is Cc1cccc2[nH]c(-c3cncc(C(=O)NC(C)C(F)(F)F)c3N3CC[C@](C)(NC(=O)O)C3)nc12.O=C(O)C(F)(F)F. The highest BCUT2D eigenvalue weighted by molar-refractivity contribution is 6.03. The van der Waals surface area contributed by atoms with Crippen LogP contribution in [0.25, 0.3) is 22.4 Å². The number of aromatic amines is 1. The Bertz CT molecular complexity index is 1490. The standard InChI is InChI=1S/C23H25F3N6O3.C2HF3O2/c1-12-5-4-6-16-17(12)30-19(29-16)14-9-27-10-15(20(33)28-13(2)23(24,25)26)18(14)32-8-7-22(3,11-32)31-21(34)35;3-2(4,5)1(6)7/h4-6,9-10,13,31H,7-8,11H2,1-3H3,(H,28,33)(H,29,30)(H,34,35);(H,6,7)/t13?,22-;/m0./s1. The zero-order valence-electron chi connectivity index (χ0n) is 22.3. The van der Waals surface area contributed by atoms with Crippen LogP contribution >= 0.6 is 0 Å². The smallest absolute Gasteiger partial charge is 0.475 e. The Hall–Kier alpha value is -4.57. The van der Waals surface area contributed by atoms with Crippen LogP contribution in [0.3, 0.4) is 0 Å². The fourth-order valence-corrected chi connectivity index (χ4v) is 4.31. The predicted molar refractivity (Wildman–Crippen MR) is 137 cm³/mol. The van der Waals surface area contributed by atoms with Crippen LogP contribution in [0.1, 0.15) is 36.2 Å². The highest BCUT2D eigenvalue weighted by Crippen LogP contribution is 2.37. The highest BCUT2D eigenvalue weighted by atomic mass is 19.4. The Morgan fingerprint density at radius 2 is 1.76 bits per heavy atom. The number of rotatable bonds is 5. The molecule has 0 bridgehead atoms. The third-order valence-electron chi connectivity index (χ3n) is 6.41. The number of benzene rings is 1. The lowest BCUT2D eigenvalue weighted by atomic mass is 10.0. The first-order valence-electron chi connectivity index (χ1n) is 12.2. The number of anilines is 1. The molecule has 11 nitrogen and oxygen atoms in total. The zero-order valence-corrected chi connectivity index (χ0v) is 22.3. The molecule has 42 heavy (non-hydrogen) atoms. The quantitative estimate of drug-likeness (QED) is 0.267. The molecular formula is C25H26F6N6O5. The molecule has 5 N–H and O–H groups in total. The molecule has 1 aromatic carbocycles. The summed E-state index contributed by atoms with van der Waals surface area (Å²) < 4.78 is 71.1. The lowest BCUT2D eigenvalue weighted by Gasteiger charge is -2.28. The number of carboxylic acids is 1. The number of H-pyrrole nitrogens is 1. The van der Waals surface area contributed by atoms with E-state index in [0.717, 1.165) is 18.0 Å². The second-order valence-electron chi connectivity index (χ2n) is 9.84. The molecule has 2 atom stereocenters. The Morgan fingerprint density at radius 3 is 2.31 bits per heavy atom. The number of aromatic nitrogens is 3. The number of hydrogen-bond acceptors (Lipinski definition) is 6. The van der Waals surface area contributed by atoms with Crippen molar-refractivity contribution in [1.82, 2.24) is 25.6 Å². The summed E-state index contributed by atoms with van der Waals surface area (Å²) in [4.78, 5) is 47.0. The van der Waals surface area contributed by atoms with Crippen LogP contribution < -0.4 is 15.5 Å². The van der Waals surface area contributed by atoms with E-state index in [4.69, 9.17) is 9.90 Å². The van der Waals surface area contributed by atoms with Crippen LogP contribution in [0.2, 0.25) is 0 Å². The molecule has 0 radical (unpaired) electrons. The molecule has 0 saturated carbocycles. The number of pyridine rings is 1. The lowest BCUT2D eigenvalue weighted by molar-refractivity contribution is -0.192. The van der Waals surface area contributed by atoms with Gasteiger partial charge in [0.1, 0.15) is 11.9 Å². The molecule has 3 heterocycles. The number of aryl methyl sites for hydroxylation is 1. The maximum absolute atomic E-state index is 13.1. The minimum absolute atomic E-state index is 0.0599. The average molecular weight is 605 g/mol. The average Bonchev–Trinajstić information content (AvgIpc) is 3.47. The van der Waals surface area contributed by atoms with Crippen molar-refractivity contribution in [2.24, 2.45) is 0 Å². The molecule has 3 aromatic rings. The van der Waals surface area contributed by atoms with Crippen LogP contribution in [0.15, 0.2) is 30.6 Å². The van der Waals surface area contributed by atoms with Gasteiger partial charge >= 0.3 is 24.4 Å². The molecule has 1 fully saturated rings. The van der Waals surface area contributed by atoms with Crippen LogP contribution in [0.4, 0.5) is 36.8 Å². The van der Waals surface area contributed by atoms with Crippen molar-refractivity contribution in [2.75, 3.05) is 18.0 Å². The zero-order chi connectivity index (χ0) is 31.6. The number of para-hydroxylation sites is 1. The number of nitrogens with zero attached hydrogens (tertiary/aromatic N) is 3. The van der Waals surface area contributed by atoms with E-state index in [1.54, 1.807) is 11.8 Å². The van der Waals surface area contributed by atoms with Crippen molar-refractivity contribution >= 4 is 34.7 Å².